The largest absolute Gasteiger partial charge is 0.289 e. The molecule has 0 aromatic heterocycles. The second kappa shape index (κ2) is 9.32. The summed E-state index contributed by atoms with van der Waals surface area (Å²) in [4.78, 5) is 13.3. The smallest absolute Gasteiger partial charge is 0.193 e. The van der Waals surface area contributed by atoms with E-state index in [4.69, 9.17) is 0 Å². The molecule has 0 atom stereocenters. The van der Waals surface area contributed by atoms with Gasteiger partial charge in [0.15, 0.2) is 5.78 Å². The minimum atomic E-state index is 0. The van der Waals surface area contributed by atoms with Gasteiger partial charge in [0.25, 0.3) is 0 Å². The SMILES string of the molecule is Cc1cc(C)cc(-c2cccc(C(=O)c3cccc(-c4cc(C)cc(C)c4)c3)c2)c1.Cl. The van der Waals surface area contributed by atoms with Crippen LogP contribution in [-0.2, 0) is 0 Å². The molecule has 156 valence electrons. The van der Waals surface area contributed by atoms with Gasteiger partial charge in [0.1, 0.15) is 0 Å². The monoisotopic (exact) mass is 426 g/mol. The summed E-state index contributed by atoms with van der Waals surface area (Å²) < 4.78 is 0. The van der Waals surface area contributed by atoms with Crippen LogP contribution in [0.1, 0.15) is 38.2 Å². The Morgan fingerprint density at radius 1 is 0.484 bits per heavy atom. The van der Waals surface area contributed by atoms with Crippen molar-refractivity contribution < 1.29 is 4.79 Å². The Kier molecular flexibility index (Phi) is 6.77. The van der Waals surface area contributed by atoms with Crippen LogP contribution in [0.25, 0.3) is 22.3 Å². The highest BCUT2D eigenvalue weighted by atomic mass is 35.5. The fourth-order valence-electron chi connectivity index (χ4n) is 4.13. The van der Waals surface area contributed by atoms with E-state index < -0.39 is 0 Å². The molecule has 0 N–H and O–H groups in total. The van der Waals surface area contributed by atoms with Crippen molar-refractivity contribution >= 4 is 18.2 Å². The summed E-state index contributed by atoms with van der Waals surface area (Å²) in [7, 11) is 0. The standard InChI is InChI=1S/C29H26O.ClH/c1-19-11-20(2)14-27(13-19)23-7-5-9-25(17-23)29(30)26-10-6-8-24(18-26)28-15-21(3)12-22(4)16-28;/h5-18H,1-4H3;1H. The molecular formula is C29H27ClO. The number of ketones is 1. The molecule has 31 heavy (non-hydrogen) atoms. The lowest BCUT2D eigenvalue weighted by Gasteiger charge is -2.09. The number of carbonyl (C=O) groups excluding carboxylic acids is 1. The molecule has 2 heteroatoms. The Morgan fingerprint density at radius 2 is 0.839 bits per heavy atom. The van der Waals surface area contributed by atoms with E-state index in [1.807, 2.05) is 36.4 Å². The molecule has 0 unspecified atom stereocenters. The van der Waals surface area contributed by atoms with E-state index in [-0.39, 0.29) is 18.2 Å². The Hall–Kier alpha value is -3.16. The zero-order valence-corrected chi connectivity index (χ0v) is 19.2. The van der Waals surface area contributed by atoms with Crippen LogP contribution in [0.4, 0.5) is 0 Å². The van der Waals surface area contributed by atoms with Crippen molar-refractivity contribution in [3.63, 3.8) is 0 Å². The Morgan fingerprint density at radius 3 is 1.19 bits per heavy atom. The summed E-state index contributed by atoms with van der Waals surface area (Å²) in [5, 5.41) is 0. The van der Waals surface area contributed by atoms with Gasteiger partial charge in [-0.2, -0.15) is 0 Å². The number of rotatable bonds is 4. The van der Waals surface area contributed by atoms with E-state index in [0.29, 0.717) is 11.1 Å². The van der Waals surface area contributed by atoms with Gasteiger partial charge in [-0.15, -0.1) is 12.4 Å². The van der Waals surface area contributed by atoms with Crippen LogP contribution in [0, 0.1) is 27.7 Å². The van der Waals surface area contributed by atoms with Gasteiger partial charge in [-0.3, -0.25) is 4.79 Å². The lowest BCUT2D eigenvalue weighted by atomic mass is 9.94. The molecule has 0 saturated carbocycles. The Labute approximate surface area is 191 Å². The average Bonchev–Trinajstić information content (AvgIpc) is 2.72. The quantitative estimate of drug-likeness (QED) is 0.303. The minimum Gasteiger partial charge on any atom is -0.289 e. The van der Waals surface area contributed by atoms with E-state index in [0.717, 1.165) is 22.3 Å². The van der Waals surface area contributed by atoms with Crippen molar-refractivity contribution in [1.29, 1.82) is 0 Å². The first-order valence-electron chi connectivity index (χ1n) is 10.3. The fraction of sp³-hybridized carbons (Fsp3) is 0.138. The number of halogens is 1. The van der Waals surface area contributed by atoms with Crippen LogP contribution in [0.5, 0.6) is 0 Å². The van der Waals surface area contributed by atoms with Crippen LogP contribution >= 0.6 is 12.4 Å². The van der Waals surface area contributed by atoms with E-state index in [1.165, 1.54) is 22.3 Å². The van der Waals surface area contributed by atoms with Crippen LogP contribution in [0.3, 0.4) is 0 Å². The number of benzene rings is 4. The van der Waals surface area contributed by atoms with E-state index in [9.17, 15) is 4.79 Å². The van der Waals surface area contributed by atoms with Gasteiger partial charge >= 0.3 is 0 Å². The van der Waals surface area contributed by atoms with E-state index in [2.05, 4.69) is 76.2 Å². The molecule has 0 aliphatic rings. The number of carbonyl (C=O) groups is 1. The molecule has 4 aromatic rings. The van der Waals surface area contributed by atoms with Gasteiger partial charge in [0, 0.05) is 11.1 Å². The number of hydrogen-bond donors (Lipinski definition) is 0. The molecule has 1 nitrogen and oxygen atoms in total. The van der Waals surface area contributed by atoms with Gasteiger partial charge in [-0.25, -0.2) is 0 Å². The summed E-state index contributed by atoms with van der Waals surface area (Å²) in [6.07, 6.45) is 0. The zero-order valence-electron chi connectivity index (χ0n) is 18.4. The van der Waals surface area contributed by atoms with Crippen molar-refractivity contribution in [1.82, 2.24) is 0 Å². The second-order valence-electron chi connectivity index (χ2n) is 8.24. The average molecular weight is 427 g/mol. The van der Waals surface area contributed by atoms with Crippen molar-refractivity contribution in [3.05, 3.63) is 118 Å². The lowest BCUT2D eigenvalue weighted by Crippen LogP contribution is -2.01. The molecule has 0 heterocycles. The molecule has 4 aromatic carbocycles. The Bertz CT molecular complexity index is 1120. The van der Waals surface area contributed by atoms with Gasteiger partial charge in [0.2, 0.25) is 0 Å². The minimum absolute atomic E-state index is 0. The van der Waals surface area contributed by atoms with E-state index in [1.54, 1.807) is 0 Å². The molecule has 4 rings (SSSR count). The van der Waals surface area contributed by atoms with E-state index >= 15 is 0 Å². The third-order valence-electron chi connectivity index (χ3n) is 5.36. The maximum absolute atomic E-state index is 13.3. The molecule has 0 bridgehead atoms. The lowest BCUT2D eigenvalue weighted by molar-refractivity contribution is 0.103. The van der Waals surface area contributed by atoms with Gasteiger partial charge in [-0.1, -0.05) is 95.1 Å². The molecule has 0 saturated heterocycles. The molecule has 0 amide bonds. The predicted molar refractivity (Wildman–Crippen MR) is 133 cm³/mol. The summed E-state index contributed by atoms with van der Waals surface area (Å²) >= 11 is 0. The van der Waals surface area contributed by atoms with Crippen LogP contribution in [0.2, 0.25) is 0 Å². The topological polar surface area (TPSA) is 17.1 Å². The molecule has 0 aliphatic heterocycles. The maximum atomic E-state index is 13.3. The maximum Gasteiger partial charge on any atom is 0.193 e. The first-order chi connectivity index (χ1) is 14.4. The molecule has 0 fully saturated rings. The summed E-state index contributed by atoms with van der Waals surface area (Å²) in [5.41, 5.74) is 10.7. The third kappa shape index (κ3) is 5.13. The number of aryl methyl sites for hydroxylation is 4. The first-order valence-corrected chi connectivity index (χ1v) is 10.3. The predicted octanol–water partition coefficient (Wildman–Crippen LogP) is 7.91. The van der Waals surface area contributed by atoms with Gasteiger partial charge < -0.3 is 0 Å². The van der Waals surface area contributed by atoms with Crippen molar-refractivity contribution in [2.75, 3.05) is 0 Å². The zero-order chi connectivity index (χ0) is 21.3. The molecule has 0 aliphatic carbocycles. The summed E-state index contributed by atoms with van der Waals surface area (Å²) in [6.45, 7) is 8.40. The molecule has 0 spiro atoms. The van der Waals surface area contributed by atoms with Crippen molar-refractivity contribution in [3.8, 4) is 22.3 Å². The summed E-state index contributed by atoms with van der Waals surface area (Å²) in [5.74, 6) is 0.0486. The third-order valence-corrected chi connectivity index (χ3v) is 5.36. The van der Waals surface area contributed by atoms with Crippen molar-refractivity contribution in [2.45, 2.75) is 27.7 Å². The molecule has 0 radical (unpaired) electrons. The van der Waals surface area contributed by atoms with Crippen molar-refractivity contribution in [2.24, 2.45) is 0 Å². The van der Waals surface area contributed by atoms with Gasteiger partial charge in [0.05, 0.1) is 0 Å². The second-order valence-corrected chi connectivity index (χ2v) is 8.24. The highest BCUT2D eigenvalue weighted by Crippen LogP contribution is 2.26. The van der Waals surface area contributed by atoms with Crippen LogP contribution < -0.4 is 0 Å². The summed E-state index contributed by atoms with van der Waals surface area (Å²) in [6, 6.07) is 28.9. The Balaban J connectivity index is 0.00000272. The normalized spacial score (nSPS) is 10.5. The van der Waals surface area contributed by atoms with Gasteiger partial charge in [-0.05, 0) is 62.1 Å². The first kappa shape index (κ1) is 22.5. The van der Waals surface area contributed by atoms with Crippen LogP contribution in [-0.4, -0.2) is 5.78 Å². The molecular weight excluding hydrogens is 400 g/mol. The van der Waals surface area contributed by atoms with Crippen LogP contribution in [0.15, 0.2) is 84.9 Å². The fourth-order valence-corrected chi connectivity index (χ4v) is 4.13. The highest BCUT2D eigenvalue weighted by molar-refractivity contribution is 6.10. The number of hydrogen-bond acceptors (Lipinski definition) is 1. The highest BCUT2D eigenvalue weighted by Gasteiger charge is 2.12.